The fourth-order valence-electron chi connectivity index (χ4n) is 1.10. The number of hydroxylamine groups is 1. The standard InChI is InChI=1S/C9H9F3N2O3/c10-9(11,12)6-17-13-5-7-3-1-2-4-8(7)14(15)16/h1-4,13H,5-6H2. The van der Waals surface area contributed by atoms with Crippen molar-refractivity contribution in [3.05, 3.63) is 39.9 Å². The Morgan fingerprint density at radius 2 is 2.00 bits per heavy atom. The minimum Gasteiger partial charge on any atom is -0.292 e. The summed E-state index contributed by atoms with van der Waals surface area (Å²) in [7, 11) is 0. The Labute approximate surface area is 94.3 Å². The molecule has 0 spiro atoms. The molecule has 5 nitrogen and oxygen atoms in total. The van der Waals surface area contributed by atoms with Crippen molar-refractivity contribution in [3.8, 4) is 0 Å². The van der Waals surface area contributed by atoms with Gasteiger partial charge in [-0.1, -0.05) is 18.2 Å². The smallest absolute Gasteiger partial charge is 0.292 e. The van der Waals surface area contributed by atoms with Crippen LogP contribution in [0.3, 0.4) is 0 Å². The fourth-order valence-corrected chi connectivity index (χ4v) is 1.10. The average Bonchev–Trinajstić information content (AvgIpc) is 2.23. The molecule has 17 heavy (non-hydrogen) atoms. The monoisotopic (exact) mass is 250 g/mol. The van der Waals surface area contributed by atoms with Gasteiger partial charge in [-0.2, -0.15) is 18.7 Å². The summed E-state index contributed by atoms with van der Waals surface area (Å²) in [6.45, 7) is -1.62. The molecule has 0 saturated heterocycles. The Hall–Kier alpha value is -1.67. The zero-order valence-corrected chi connectivity index (χ0v) is 8.53. The summed E-state index contributed by atoms with van der Waals surface area (Å²) in [5, 5.41) is 10.6. The van der Waals surface area contributed by atoms with Gasteiger partial charge in [0.15, 0.2) is 6.61 Å². The minimum atomic E-state index is -4.43. The molecular formula is C9H9F3N2O3. The molecule has 0 heterocycles. The van der Waals surface area contributed by atoms with Crippen molar-refractivity contribution >= 4 is 5.69 Å². The van der Waals surface area contributed by atoms with E-state index in [-0.39, 0.29) is 17.8 Å². The predicted molar refractivity (Wildman–Crippen MR) is 51.9 cm³/mol. The Balaban J connectivity index is 2.49. The van der Waals surface area contributed by atoms with E-state index in [4.69, 9.17) is 0 Å². The Morgan fingerprint density at radius 3 is 2.59 bits per heavy atom. The molecule has 0 unspecified atom stereocenters. The molecule has 0 aliphatic rings. The van der Waals surface area contributed by atoms with Gasteiger partial charge in [0.05, 0.1) is 11.5 Å². The van der Waals surface area contributed by atoms with Gasteiger partial charge in [0.2, 0.25) is 0 Å². The number of hydrogen-bond donors (Lipinski definition) is 1. The molecular weight excluding hydrogens is 241 g/mol. The van der Waals surface area contributed by atoms with Crippen LogP contribution in [-0.4, -0.2) is 17.7 Å². The van der Waals surface area contributed by atoms with Gasteiger partial charge in [0.1, 0.15) is 0 Å². The lowest BCUT2D eigenvalue weighted by Crippen LogP contribution is -2.24. The summed E-state index contributed by atoms with van der Waals surface area (Å²) in [6, 6.07) is 5.72. The number of para-hydroxylation sites is 1. The maximum atomic E-state index is 11.7. The first kappa shape index (κ1) is 13.4. The maximum absolute atomic E-state index is 11.7. The highest BCUT2D eigenvalue weighted by Gasteiger charge is 2.27. The van der Waals surface area contributed by atoms with E-state index in [2.05, 4.69) is 4.84 Å². The third-order valence-electron chi connectivity index (χ3n) is 1.79. The summed E-state index contributed by atoms with van der Waals surface area (Å²) in [5.74, 6) is 0. The average molecular weight is 250 g/mol. The number of benzene rings is 1. The summed E-state index contributed by atoms with van der Waals surface area (Å²) >= 11 is 0. The van der Waals surface area contributed by atoms with Gasteiger partial charge in [0, 0.05) is 11.6 Å². The first-order chi connectivity index (χ1) is 7.90. The SMILES string of the molecule is O=[N+]([O-])c1ccccc1CNOCC(F)(F)F. The largest absolute Gasteiger partial charge is 0.413 e. The lowest BCUT2D eigenvalue weighted by Gasteiger charge is -2.08. The van der Waals surface area contributed by atoms with Crippen LogP contribution < -0.4 is 5.48 Å². The van der Waals surface area contributed by atoms with Crippen molar-refractivity contribution in [3.63, 3.8) is 0 Å². The second-order valence-corrected chi connectivity index (χ2v) is 3.11. The maximum Gasteiger partial charge on any atom is 0.413 e. The second kappa shape index (κ2) is 5.60. The Bertz CT molecular complexity index is 395. The molecule has 0 saturated carbocycles. The molecule has 0 fully saturated rings. The lowest BCUT2D eigenvalue weighted by atomic mass is 10.2. The van der Waals surface area contributed by atoms with Crippen LogP contribution in [0, 0.1) is 10.1 Å². The number of nitro benzene ring substituents is 1. The minimum absolute atomic E-state index is 0.171. The van der Waals surface area contributed by atoms with Crippen molar-refractivity contribution in [1.82, 2.24) is 5.48 Å². The predicted octanol–water partition coefficient (Wildman–Crippen LogP) is 2.18. The number of rotatable bonds is 5. The molecule has 0 bridgehead atoms. The van der Waals surface area contributed by atoms with Crippen LogP contribution >= 0.6 is 0 Å². The van der Waals surface area contributed by atoms with E-state index in [0.717, 1.165) is 0 Å². The number of alkyl halides is 3. The summed E-state index contributed by atoms with van der Waals surface area (Å²) in [4.78, 5) is 14.1. The van der Waals surface area contributed by atoms with E-state index >= 15 is 0 Å². The van der Waals surface area contributed by atoms with Crippen molar-refractivity contribution in [2.45, 2.75) is 12.7 Å². The summed E-state index contributed by atoms with van der Waals surface area (Å²) in [5.41, 5.74) is 2.11. The van der Waals surface area contributed by atoms with Crippen molar-refractivity contribution < 1.29 is 22.9 Å². The molecule has 1 N–H and O–H groups in total. The van der Waals surface area contributed by atoms with E-state index in [1.54, 1.807) is 6.07 Å². The van der Waals surface area contributed by atoms with Crippen molar-refractivity contribution in [1.29, 1.82) is 0 Å². The van der Waals surface area contributed by atoms with Crippen LogP contribution in [-0.2, 0) is 11.4 Å². The molecule has 94 valence electrons. The van der Waals surface area contributed by atoms with Gasteiger partial charge in [0.25, 0.3) is 5.69 Å². The molecule has 8 heteroatoms. The highest BCUT2D eigenvalue weighted by molar-refractivity contribution is 5.39. The molecule has 0 radical (unpaired) electrons. The number of hydrogen-bond acceptors (Lipinski definition) is 4. The normalized spacial score (nSPS) is 11.5. The molecule has 0 atom stereocenters. The van der Waals surface area contributed by atoms with Crippen LogP contribution in [0.2, 0.25) is 0 Å². The number of halogens is 3. The zero-order valence-electron chi connectivity index (χ0n) is 8.53. The van der Waals surface area contributed by atoms with Crippen LogP contribution in [0.25, 0.3) is 0 Å². The zero-order chi connectivity index (χ0) is 12.9. The van der Waals surface area contributed by atoms with Gasteiger partial charge in [-0.25, -0.2) is 0 Å². The number of nitrogens with one attached hydrogen (secondary N) is 1. The molecule has 1 aromatic rings. The van der Waals surface area contributed by atoms with Crippen molar-refractivity contribution in [2.24, 2.45) is 0 Å². The van der Waals surface area contributed by atoms with Gasteiger partial charge >= 0.3 is 6.18 Å². The first-order valence-electron chi connectivity index (χ1n) is 4.54. The van der Waals surface area contributed by atoms with Gasteiger partial charge in [-0.15, -0.1) is 0 Å². The molecule has 0 aliphatic carbocycles. The lowest BCUT2D eigenvalue weighted by molar-refractivity contribution is -0.385. The third-order valence-corrected chi connectivity index (χ3v) is 1.79. The number of nitro groups is 1. The molecule has 0 aliphatic heterocycles. The number of nitrogens with zero attached hydrogens (tertiary/aromatic N) is 1. The van der Waals surface area contributed by atoms with Gasteiger partial charge < -0.3 is 0 Å². The van der Waals surface area contributed by atoms with E-state index < -0.39 is 17.7 Å². The highest BCUT2D eigenvalue weighted by atomic mass is 19.4. The van der Waals surface area contributed by atoms with Crippen LogP contribution in [0.15, 0.2) is 24.3 Å². The Kier molecular flexibility index (Phi) is 4.41. The van der Waals surface area contributed by atoms with Crippen molar-refractivity contribution in [2.75, 3.05) is 6.61 Å². The topological polar surface area (TPSA) is 64.4 Å². The van der Waals surface area contributed by atoms with Crippen LogP contribution in [0.1, 0.15) is 5.56 Å². The summed E-state index contributed by atoms with van der Waals surface area (Å²) < 4.78 is 35.1. The van der Waals surface area contributed by atoms with Gasteiger partial charge in [-0.05, 0) is 0 Å². The van der Waals surface area contributed by atoms with Crippen LogP contribution in [0.4, 0.5) is 18.9 Å². The van der Waals surface area contributed by atoms with E-state index in [9.17, 15) is 23.3 Å². The van der Waals surface area contributed by atoms with Gasteiger partial charge in [-0.3, -0.25) is 15.0 Å². The van der Waals surface area contributed by atoms with E-state index in [1.807, 2.05) is 5.48 Å². The summed E-state index contributed by atoms with van der Waals surface area (Å²) in [6.07, 6.45) is -4.43. The first-order valence-corrected chi connectivity index (χ1v) is 4.54. The van der Waals surface area contributed by atoms with E-state index in [0.29, 0.717) is 0 Å². The quantitative estimate of drug-likeness (QED) is 0.494. The van der Waals surface area contributed by atoms with Crippen LogP contribution in [0.5, 0.6) is 0 Å². The Morgan fingerprint density at radius 1 is 1.35 bits per heavy atom. The molecule has 0 amide bonds. The third kappa shape index (κ3) is 4.79. The molecule has 1 aromatic carbocycles. The van der Waals surface area contributed by atoms with E-state index in [1.165, 1.54) is 18.2 Å². The second-order valence-electron chi connectivity index (χ2n) is 3.11. The fraction of sp³-hybridized carbons (Fsp3) is 0.333. The molecule has 1 rings (SSSR count). The highest BCUT2D eigenvalue weighted by Crippen LogP contribution is 2.17. The molecule has 0 aromatic heterocycles.